The van der Waals surface area contributed by atoms with E-state index < -0.39 is 16.0 Å². The third-order valence-electron chi connectivity index (χ3n) is 2.14. The van der Waals surface area contributed by atoms with E-state index in [1.54, 1.807) is 0 Å². The third-order valence-corrected chi connectivity index (χ3v) is 3.13. The van der Waals surface area contributed by atoms with Gasteiger partial charge in [-0.15, -0.1) is 0 Å². The monoisotopic (exact) mass is 309 g/mol. The van der Waals surface area contributed by atoms with Gasteiger partial charge in [0.25, 0.3) is 0 Å². The summed E-state index contributed by atoms with van der Waals surface area (Å²) in [7, 11) is -4.51. The van der Waals surface area contributed by atoms with E-state index >= 15 is 0 Å². The van der Waals surface area contributed by atoms with Crippen LogP contribution in [0.3, 0.4) is 0 Å². The maximum absolute atomic E-state index is 11.3. The summed E-state index contributed by atoms with van der Waals surface area (Å²) in [6.45, 7) is 2.74. The zero-order valence-electron chi connectivity index (χ0n) is 10.9. The van der Waals surface area contributed by atoms with E-state index in [4.69, 9.17) is 0 Å². The van der Waals surface area contributed by atoms with Crippen LogP contribution in [-0.2, 0) is 19.7 Å². The van der Waals surface area contributed by atoms with Crippen molar-refractivity contribution in [2.75, 3.05) is 5.32 Å². The molecule has 0 fully saturated rings. The molecule has 0 aromatic heterocycles. The first-order chi connectivity index (χ1) is 8.20. The molecule has 1 N–H and O–H groups in total. The number of carbonyl (C=O) groups is 2. The minimum atomic E-state index is -4.51. The summed E-state index contributed by atoms with van der Waals surface area (Å²) in [6, 6.07) is 3.79. The summed E-state index contributed by atoms with van der Waals surface area (Å²) < 4.78 is 32.5. The Balaban J connectivity index is 0.00000324. The van der Waals surface area contributed by atoms with Crippen LogP contribution in [0, 0.1) is 6.92 Å². The number of amides is 1. The normalized spacial score (nSPS) is 10.5. The molecule has 0 radical (unpaired) electrons. The zero-order valence-corrected chi connectivity index (χ0v) is 14.8. The first kappa shape index (κ1) is 18.9. The Kier molecular flexibility index (Phi) is 7.59. The number of hydrogen-bond acceptors (Lipinski definition) is 5. The first-order valence-corrected chi connectivity index (χ1v) is 6.47. The van der Waals surface area contributed by atoms with Crippen LogP contribution in [0.2, 0.25) is 0 Å². The van der Waals surface area contributed by atoms with Crippen LogP contribution in [0.1, 0.15) is 18.9 Å². The van der Waals surface area contributed by atoms with Crippen molar-refractivity contribution in [1.29, 1.82) is 0 Å². The number of rotatable bonds is 4. The Labute approximate surface area is 154 Å². The van der Waals surface area contributed by atoms with Crippen LogP contribution >= 0.6 is 0 Å². The molecular formula is C11H12KNO5S. The standard InChI is InChI=1S/C11H13NO5S.K/c1-7-5-9(12-11(14)6-8(2)13)3-4-10(7)18(15,16)17;/h3-5H,6H2,1-2H3,(H,12,14)(H,15,16,17);/q;+1/p-1. The zero-order chi connectivity index (χ0) is 13.9. The molecule has 0 heterocycles. The van der Waals surface area contributed by atoms with Gasteiger partial charge in [-0.3, -0.25) is 9.59 Å². The molecule has 6 nitrogen and oxygen atoms in total. The molecule has 0 aliphatic rings. The van der Waals surface area contributed by atoms with Crippen LogP contribution in [0.25, 0.3) is 0 Å². The summed E-state index contributed by atoms with van der Waals surface area (Å²) in [4.78, 5) is 21.7. The number of nitrogens with one attached hydrogen (secondary N) is 1. The summed E-state index contributed by atoms with van der Waals surface area (Å²) in [6.07, 6.45) is -0.249. The van der Waals surface area contributed by atoms with Crippen molar-refractivity contribution in [1.82, 2.24) is 0 Å². The molecule has 1 rings (SSSR count). The van der Waals surface area contributed by atoms with Crippen molar-refractivity contribution in [2.45, 2.75) is 25.2 Å². The molecule has 0 aliphatic heterocycles. The van der Waals surface area contributed by atoms with Crippen molar-refractivity contribution >= 4 is 27.5 Å². The fourth-order valence-corrected chi connectivity index (χ4v) is 2.13. The van der Waals surface area contributed by atoms with Gasteiger partial charge in [0, 0.05) is 5.69 Å². The number of carbonyl (C=O) groups excluding carboxylic acids is 2. The topological polar surface area (TPSA) is 103 Å². The molecule has 0 saturated carbocycles. The number of Topliss-reactive ketones (excluding diaryl/α,β-unsaturated/α-hetero) is 1. The molecule has 98 valence electrons. The number of ketones is 1. The van der Waals surface area contributed by atoms with Crippen LogP contribution < -0.4 is 56.7 Å². The third kappa shape index (κ3) is 6.26. The molecule has 19 heavy (non-hydrogen) atoms. The van der Waals surface area contributed by atoms with Gasteiger partial charge in [0.15, 0.2) is 0 Å². The second-order valence-electron chi connectivity index (χ2n) is 3.86. The van der Waals surface area contributed by atoms with Crippen LogP contribution in [0.5, 0.6) is 0 Å². The van der Waals surface area contributed by atoms with E-state index in [1.807, 2.05) is 0 Å². The van der Waals surface area contributed by atoms with Gasteiger partial charge in [-0.2, -0.15) is 0 Å². The molecular weight excluding hydrogens is 297 g/mol. The van der Waals surface area contributed by atoms with Gasteiger partial charge in [0.1, 0.15) is 15.9 Å². The molecule has 0 spiro atoms. The number of hydrogen-bond donors (Lipinski definition) is 1. The summed E-state index contributed by atoms with van der Waals surface area (Å²) >= 11 is 0. The number of aryl methyl sites for hydroxylation is 1. The van der Waals surface area contributed by atoms with Gasteiger partial charge in [0.05, 0.1) is 11.3 Å². The minimum Gasteiger partial charge on any atom is -0.744 e. The van der Waals surface area contributed by atoms with Gasteiger partial charge < -0.3 is 9.87 Å². The Morgan fingerprint density at radius 3 is 2.32 bits per heavy atom. The van der Waals surface area contributed by atoms with Crippen molar-refractivity contribution in [3.8, 4) is 0 Å². The Hall–Kier alpha value is -0.0936. The molecule has 1 aromatic rings. The van der Waals surface area contributed by atoms with Gasteiger partial charge in [-0.05, 0) is 37.6 Å². The summed E-state index contributed by atoms with van der Waals surface area (Å²) in [5.41, 5.74) is 0.580. The predicted octanol–water partition coefficient (Wildman–Crippen LogP) is -2.18. The minimum absolute atomic E-state index is 0. The van der Waals surface area contributed by atoms with Crippen molar-refractivity contribution in [2.24, 2.45) is 0 Å². The summed E-state index contributed by atoms with van der Waals surface area (Å²) in [5, 5.41) is 2.44. The molecule has 0 aliphatic carbocycles. The van der Waals surface area contributed by atoms with Crippen LogP contribution in [0.15, 0.2) is 23.1 Å². The largest absolute Gasteiger partial charge is 1.00 e. The first-order valence-electron chi connectivity index (χ1n) is 5.06. The molecule has 0 saturated heterocycles. The predicted molar refractivity (Wildman–Crippen MR) is 63.1 cm³/mol. The van der Waals surface area contributed by atoms with Crippen LogP contribution in [-0.4, -0.2) is 24.7 Å². The van der Waals surface area contributed by atoms with E-state index in [9.17, 15) is 22.6 Å². The van der Waals surface area contributed by atoms with E-state index in [2.05, 4.69) is 5.32 Å². The fraction of sp³-hybridized carbons (Fsp3) is 0.273. The number of anilines is 1. The van der Waals surface area contributed by atoms with Gasteiger partial charge >= 0.3 is 51.4 Å². The van der Waals surface area contributed by atoms with Gasteiger partial charge in [-0.25, -0.2) is 8.42 Å². The maximum Gasteiger partial charge on any atom is 1.00 e. The van der Waals surface area contributed by atoms with E-state index in [-0.39, 0.29) is 74.0 Å². The second kappa shape index (κ2) is 7.63. The van der Waals surface area contributed by atoms with E-state index in [0.29, 0.717) is 5.69 Å². The van der Waals surface area contributed by atoms with Crippen LogP contribution in [0.4, 0.5) is 5.69 Å². The average Bonchev–Trinajstić information content (AvgIpc) is 2.13. The Morgan fingerprint density at radius 2 is 1.89 bits per heavy atom. The van der Waals surface area contributed by atoms with Gasteiger partial charge in [0.2, 0.25) is 5.91 Å². The fourth-order valence-electron chi connectivity index (χ4n) is 1.44. The van der Waals surface area contributed by atoms with Crippen molar-refractivity contribution < 1.29 is 73.9 Å². The van der Waals surface area contributed by atoms with Gasteiger partial charge in [-0.1, -0.05) is 0 Å². The molecule has 0 unspecified atom stereocenters. The smallest absolute Gasteiger partial charge is 0.744 e. The maximum atomic E-state index is 11.3. The van der Waals surface area contributed by atoms with E-state index in [0.717, 1.165) is 6.07 Å². The van der Waals surface area contributed by atoms with Crippen molar-refractivity contribution in [3.63, 3.8) is 0 Å². The molecule has 8 heteroatoms. The summed E-state index contributed by atoms with van der Waals surface area (Å²) in [5.74, 6) is -0.761. The number of benzene rings is 1. The molecule has 0 bridgehead atoms. The molecule has 1 aromatic carbocycles. The SMILES string of the molecule is CC(=O)CC(=O)Nc1ccc(S(=O)(=O)[O-])c(C)c1.[K+]. The second-order valence-corrected chi connectivity index (χ2v) is 5.21. The molecule has 0 atom stereocenters. The molecule has 1 amide bonds. The van der Waals surface area contributed by atoms with Crippen molar-refractivity contribution in [3.05, 3.63) is 23.8 Å². The van der Waals surface area contributed by atoms with E-state index in [1.165, 1.54) is 26.0 Å². The Morgan fingerprint density at radius 1 is 1.32 bits per heavy atom. The Bertz CT molecular complexity index is 597. The average molecular weight is 309 g/mol. The quantitative estimate of drug-likeness (QED) is 0.387.